The summed E-state index contributed by atoms with van der Waals surface area (Å²) in [7, 11) is 0. The molecule has 0 spiro atoms. The molecule has 0 N–H and O–H groups in total. The van der Waals surface area contributed by atoms with E-state index in [2.05, 4.69) is 26.7 Å². The second-order valence-electron chi connectivity index (χ2n) is 7.46. The van der Waals surface area contributed by atoms with Gasteiger partial charge in [-0.3, -0.25) is 19.3 Å². The molecule has 0 atom stereocenters. The van der Waals surface area contributed by atoms with Gasteiger partial charge in [0.15, 0.2) is 5.65 Å². The van der Waals surface area contributed by atoms with Crippen LogP contribution >= 0.6 is 11.8 Å². The molecule has 2 aromatic carbocycles. The highest BCUT2D eigenvalue weighted by molar-refractivity contribution is 7.99. The van der Waals surface area contributed by atoms with E-state index in [4.69, 9.17) is 4.74 Å². The Labute approximate surface area is 192 Å². The van der Waals surface area contributed by atoms with Crippen LogP contribution in [0.15, 0.2) is 53.7 Å². The topological polar surface area (TPSA) is 107 Å². The molecule has 0 radical (unpaired) electrons. The lowest BCUT2D eigenvalue weighted by molar-refractivity contribution is -0.141. The van der Waals surface area contributed by atoms with E-state index in [-0.39, 0.29) is 5.94 Å². The van der Waals surface area contributed by atoms with Crippen molar-refractivity contribution in [3.05, 3.63) is 59.7 Å². The van der Waals surface area contributed by atoms with E-state index < -0.39 is 24.3 Å². The first-order chi connectivity index (χ1) is 16.1. The van der Waals surface area contributed by atoms with Gasteiger partial charge in [-0.1, -0.05) is 37.3 Å². The molecule has 166 valence electrons. The van der Waals surface area contributed by atoms with E-state index in [9.17, 15) is 14.4 Å². The summed E-state index contributed by atoms with van der Waals surface area (Å²) in [6.45, 7) is 2.44. The van der Waals surface area contributed by atoms with Crippen molar-refractivity contribution < 1.29 is 19.1 Å². The van der Waals surface area contributed by atoms with Crippen LogP contribution in [0.2, 0.25) is 0 Å². The van der Waals surface area contributed by atoms with E-state index >= 15 is 0 Å². The van der Waals surface area contributed by atoms with Gasteiger partial charge in [0.1, 0.15) is 18.0 Å². The number of amides is 2. The van der Waals surface area contributed by atoms with Crippen LogP contribution in [-0.2, 0) is 16.1 Å². The second-order valence-corrected chi connectivity index (χ2v) is 8.35. The van der Waals surface area contributed by atoms with E-state index in [1.165, 1.54) is 0 Å². The number of esters is 1. The molecule has 2 aromatic heterocycles. The van der Waals surface area contributed by atoms with Crippen LogP contribution in [0.1, 0.15) is 34.1 Å². The van der Waals surface area contributed by atoms with E-state index in [0.717, 1.165) is 51.7 Å². The van der Waals surface area contributed by atoms with Gasteiger partial charge >= 0.3 is 5.97 Å². The number of thioether (sulfide) groups is 1. The van der Waals surface area contributed by atoms with Crippen molar-refractivity contribution in [3.8, 4) is 0 Å². The molecule has 0 fully saturated rings. The van der Waals surface area contributed by atoms with Gasteiger partial charge in [-0.15, -0.1) is 10.2 Å². The predicted octanol–water partition coefficient (Wildman–Crippen LogP) is 3.28. The zero-order valence-corrected chi connectivity index (χ0v) is 18.5. The fourth-order valence-electron chi connectivity index (χ4n) is 3.91. The summed E-state index contributed by atoms with van der Waals surface area (Å²) in [5.74, 6) is -1.75. The molecule has 10 heteroatoms. The fraction of sp³-hybridized carbons (Fsp3) is 0.217. The van der Waals surface area contributed by atoms with Crippen molar-refractivity contribution in [2.24, 2.45) is 0 Å². The lowest BCUT2D eigenvalue weighted by Gasteiger charge is -2.12. The third-order valence-corrected chi connectivity index (χ3v) is 6.04. The Morgan fingerprint density at radius 3 is 2.42 bits per heavy atom. The van der Waals surface area contributed by atoms with Gasteiger partial charge in [0.2, 0.25) is 5.16 Å². The smallest absolute Gasteiger partial charge is 0.327 e. The Bertz CT molecular complexity index is 1380. The van der Waals surface area contributed by atoms with Gasteiger partial charge < -0.3 is 9.30 Å². The molecule has 0 saturated heterocycles. The molecule has 0 saturated carbocycles. The highest BCUT2D eigenvalue weighted by atomic mass is 32.2. The number of para-hydroxylation sites is 1. The highest BCUT2D eigenvalue weighted by Crippen LogP contribution is 2.27. The maximum Gasteiger partial charge on any atom is 0.327 e. The standard InChI is InChI=1S/C23H19N5O4S/c1-2-11-27-17-10-6-5-9-16(17)19-20(27)24-23(26-25-19)33-13-32-18(29)12-28-21(30)14-7-3-4-8-15(14)22(28)31/h3-10H,2,11-13H2,1H3. The fourth-order valence-corrected chi connectivity index (χ4v) is 4.45. The number of carbonyl (C=O) groups is 3. The first-order valence-corrected chi connectivity index (χ1v) is 11.4. The molecule has 9 nitrogen and oxygen atoms in total. The number of ether oxygens (including phenoxy) is 1. The van der Waals surface area contributed by atoms with Crippen LogP contribution < -0.4 is 0 Å². The average Bonchev–Trinajstić information content (AvgIpc) is 3.27. The third kappa shape index (κ3) is 3.72. The molecular weight excluding hydrogens is 442 g/mol. The van der Waals surface area contributed by atoms with Gasteiger partial charge in [0.05, 0.1) is 16.6 Å². The molecule has 1 aliphatic heterocycles. The van der Waals surface area contributed by atoms with Crippen molar-refractivity contribution in [3.63, 3.8) is 0 Å². The Hall–Kier alpha value is -3.79. The summed E-state index contributed by atoms with van der Waals surface area (Å²) >= 11 is 1.12. The average molecular weight is 462 g/mol. The van der Waals surface area contributed by atoms with Crippen LogP contribution in [0, 0.1) is 0 Å². The first kappa shape index (κ1) is 21.1. The SMILES string of the molecule is CCCn1c2ccccc2c2nnc(SCOC(=O)CN3C(=O)c4ccccc4C3=O)nc21. The molecule has 2 amide bonds. The van der Waals surface area contributed by atoms with Crippen LogP contribution in [0.3, 0.4) is 0 Å². The van der Waals surface area contributed by atoms with Gasteiger partial charge in [-0.2, -0.15) is 0 Å². The number of hydrogen-bond donors (Lipinski definition) is 0. The van der Waals surface area contributed by atoms with Crippen LogP contribution in [-0.4, -0.2) is 54.9 Å². The van der Waals surface area contributed by atoms with Crippen molar-refractivity contribution >= 4 is 51.6 Å². The van der Waals surface area contributed by atoms with E-state index in [0.29, 0.717) is 16.3 Å². The maximum absolute atomic E-state index is 12.4. The van der Waals surface area contributed by atoms with Gasteiger partial charge in [-0.25, -0.2) is 4.98 Å². The Morgan fingerprint density at radius 2 is 1.70 bits per heavy atom. The summed E-state index contributed by atoms with van der Waals surface area (Å²) in [4.78, 5) is 42.5. The molecule has 33 heavy (non-hydrogen) atoms. The van der Waals surface area contributed by atoms with Gasteiger partial charge in [0.25, 0.3) is 11.8 Å². The summed E-state index contributed by atoms with van der Waals surface area (Å²) in [6, 6.07) is 14.4. The van der Waals surface area contributed by atoms with Crippen LogP contribution in [0.4, 0.5) is 0 Å². The maximum atomic E-state index is 12.4. The number of fused-ring (bicyclic) bond motifs is 4. The number of hydrogen-bond acceptors (Lipinski definition) is 8. The molecule has 3 heterocycles. The van der Waals surface area contributed by atoms with E-state index in [1.807, 2.05) is 24.3 Å². The second kappa shape index (κ2) is 8.62. The zero-order chi connectivity index (χ0) is 22.9. The quantitative estimate of drug-likeness (QED) is 0.179. The lowest BCUT2D eigenvalue weighted by atomic mass is 10.1. The highest BCUT2D eigenvalue weighted by Gasteiger charge is 2.36. The summed E-state index contributed by atoms with van der Waals surface area (Å²) in [6.07, 6.45) is 0.940. The van der Waals surface area contributed by atoms with Crippen molar-refractivity contribution in [2.45, 2.75) is 25.0 Å². The molecular formula is C23H19N5O4S. The molecule has 0 bridgehead atoms. The monoisotopic (exact) mass is 461 g/mol. The number of benzene rings is 2. The minimum Gasteiger partial charge on any atom is -0.453 e. The minimum absolute atomic E-state index is 0.0663. The number of imide groups is 1. The summed E-state index contributed by atoms with van der Waals surface area (Å²) < 4.78 is 7.32. The summed E-state index contributed by atoms with van der Waals surface area (Å²) in [5, 5.41) is 9.87. The largest absolute Gasteiger partial charge is 0.453 e. The molecule has 1 aliphatic rings. The normalized spacial score (nSPS) is 13.2. The Balaban J connectivity index is 1.26. The molecule has 0 unspecified atom stereocenters. The van der Waals surface area contributed by atoms with Gasteiger partial charge in [-0.05, 0) is 36.4 Å². The molecule has 5 rings (SSSR count). The number of carbonyl (C=O) groups excluding carboxylic acids is 3. The van der Waals surface area contributed by atoms with Crippen molar-refractivity contribution in [1.82, 2.24) is 24.6 Å². The summed E-state index contributed by atoms with van der Waals surface area (Å²) in [5.41, 5.74) is 3.09. The Morgan fingerprint density at radius 1 is 1.00 bits per heavy atom. The van der Waals surface area contributed by atoms with E-state index in [1.54, 1.807) is 24.3 Å². The third-order valence-electron chi connectivity index (χ3n) is 5.38. The molecule has 0 aliphatic carbocycles. The van der Waals surface area contributed by atoms with Crippen molar-refractivity contribution in [1.29, 1.82) is 0 Å². The number of aromatic nitrogens is 4. The predicted molar refractivity (Wildman–Crippen MR) is 122 cm³/mol. The molecule has 4 aromatic rings. The first-order valence-electron chi connectivity index (χ1n) is 10.4. The van der Waals surface area contributed by atoms with Crippen LogP contribution in [0.25, 0.3) is 22.1 Å². The Kier molecular flexibility index (Phi) is 5.51. The van der Waals surface area contributed by atoms with Crippen LogP contribution in [0.5, 0.6) is 0 Å². The number of aryl methyl sites for hydroxylation is 1. The van der Waals surface area contributed by atoms with Gasteiger partial charge in [0, 0.05) is 11.9 Å². The minimum atomic E-state index is -0.689. The number of rotatable bonds is 7. The zero-order valence-electron chi connectivity index (χ0n) is 17.7. The van der Waals surface area contributed by atoms with Crippen molar-refractivity contribution in [2.75, 3.05) is 12.5 Å². The lowest BCUT2D eigenvalue weighted by Crippen LogP contribution is -2.35. The number of nitrogens with zero attached hydrogens (tertiary/aromatic N) is 5.